The number of hydrogen-bond acceptors (Lipinski definition) is 2. The number of nitrogens with zero attached hydrogens (tertiary/aromatic N) is 2. The molecule has 1 aromatic heterocycles. The van der Waals surface area contributed by atoms with Crippen LogP contribution in [0.2, 0.25) is 0 Å². The van der Waals surface area contributed by atoms with E-state index >= 15 is 0 Å². The molecule has 14 heavy (non-hydrogen) atoms. The van der Waals surface area contributed by atoms with Crippen LogP contribution in [-0.2, 0) is 13.0 Å². The number of aromatic nitrogens is 2. The third-order valence-corrected chi connectivity index (χ3v) is 3.33. The Kier molecular flexibility index (Phi) is 2.59. The summed E-state index contributed by atoms with van der Waals surface area (Å²) < 4.78 is 2.37. The molecular weight excluding hydrogens is 174 g/mol. The Morgan fingerprint density at radius 1 is 1.50 bits per heavy atom. The van der Waals surface area contributed by atoms with Gasteiger partial charge in [-0.2, -0.15) is 0 Å². The second-order valence-corrected chi connectivity index (χ2v) is 4.29. The van der Waals surface area contributed by atoms with Gasteiger partial charge >= 0.3 is 0 Å². The van der Waals surface area contributed by atoms with Gasteiger partial charge in [0.1, 0.15) is 5.82 Å². The normalized spacial score (nSPS) is 20.9. The maximum Gasteiger partial charge on any atom is 0.109 e. The summed E-state index contributed by atoms with van der Waals surface area (Å²) in [6.07, 6.45) is 3.53. The van der Waals surface area contributed by atoms with E-state index in [-0.39, 0.29) is 0 Å². The molecule has 0 radical (unpaired) electrons. The third kappa shape index (κ3) is 1.57. The van der Waals surface area contributed by atoms with Gasteiger partial charge in [-0.15, -0.1) is 0 Å². The Hall–Kier alpha value is -0.830. The van der Waals surface area contributed by atoms with Gasteiger partial charge in [-0.25, -0.2) is 4.98 Å². The van der Waals surface area contributed by atoms with Crippen molar-refractivity contribution in [3.05, 3.63) is 17.2 Å². The summed E-state index contributed by atoms with van der Waals surface area (Å²) in [7, 11) is 0. The molecule has 0 saturated carbocycles. The zero-order chi connectivity index (χ0) is 10.1. The van der Waals surface area contributed by atoms with Gasteiger partial charge in [-0.05, 0) is 39.2 Å². The van der Waals surface area contributed by atoms with Crippen molar-refractivity contribution >= 4 is 0 Å². The van der Waals surface area contributed by atoms with Crippen molar-refractivity contribution in [1.82, 2.24) is 9.55 Å². The van der Waals surface area contributed by atoms with Crippen LogP contribution in [0, 0.1) is 19.8 Å². The average molecular weight is 193 g/mol. The van der Waals surface area contributed by atoms with Gasteiger partial charge in [0.15, 0.2) is 0 Å². The van der Waals surface area contributed by atoms with Crippen LogP contribution in [0.25, 0.3) is 0 Å². The molecular formula is C11H19N3. The van der Waals surface area contributed by atoms with E-state index in [9.17, 15) is 0 Å². The smallest absolute Gasteiger partial charge is 0.109 e. The molecule has 0 aromatic carbocycles. The molecule has 1 unspecified atom stereocenters. The Balaban J connectivity index is 2.20. The van der Waals surface area contributed by atoms with E-state index in [0.29, 0.717) is 0 Å². The minimum atomic E-state index is 0.764. The Morgan fingerprint density at radius 3 is 3.00 bits per heavy atom. The van der Waals surface area contributed by atoms with Gasteiger partial charge in [-0.3, -0.25) is 0 Å². The molecule has 3 nitrogen and oxygen atoms in total. The van der Waals surface area contributed by atoms with E-state index in [1.807, 2.05) is 0 Å². The van der Waals surface area contributed by atoms with Crippen LogP contribution in [0.4, 0.5) is 0 Å². The lowest BCUT2D eigenvalue weighted by Crippen LogP contribution is -2.23. The van der Waals surface area contributed by atoms with Crippen molar-refractivity contribution in [2.24, 2.45) is 11.7 Å². The van der Waals surface area contributed by atoms with Crippen molar-refractivity contribution in [2.45, 2.75) is 39.7 Å². The van der Waals surface area contributed by atoms with Crippen molar-refractivity contribution in [3.63, 3.8) is 0 Å². The zero-order valence-corrected chi connectivity index (χ0v) is 9.08. The summed E-state index contributed by atoms with van der Waals surface area (Å²) in [5.41, 5.74) is 8.12. The average Bonchev–Trinajstić information content (AvgIpc) is 2.45. The van der Waals surface area contributed by atoms with Crippen molar-refractivity contribution in [2.75, 3.05) is 6.54 Å². The second-order valence-electron chi connectivity index (χ2n) is 4.29. The van der Waals surface area contributed by atoms with Crippen LogP contribution in [0.15, 0.2) is 0 Å². The molecule has 1 aliphatic heterocycles. The van der Waals surface area contributed by atoms with E-state index in [1.54, 1.807) is 0 Å². The van der Waals surface area contributed by atoms with Gasteiger partial charge in [-0.1, -0.05) is 0 Å². The first-order valence-corrected chi connectivity index (χ1v) is 5.45. The van der Waals surface area contributed by atoms with Gasteiger partial charge in [0.25, 0.3) is 0 Å². The van der Waals surface area contributed by atoms with Gasteiger partial charge < -0.3 is 10.3 Å². The quantitative estimate of drug-likeness (QED) is 0.771. The second kappa shape index (κ2) is 3.73. The highest BCUT2D eigenvalue weighted by molar-refractivity contribution is 5.15. The molecule has 0 amide bonds. The van der Waals surface area contributed by atoms with Gasteiger partial charge in [0.2, 0.25) is 0 Å². The molecule has 2 N–H and O–H groups in total. The molecule has 0 spiro atoms. The predicted molar refractivity (Wildman–Crippen MR) is 57.2 cm³/mol. The van der Waals surface area contributed by atoms with Crippen molar-refractivity contribution < 1.29 is 0 Å². The molecule has 1 aliphatic rings. The summed E-state index contributed by atoms with van der Waals surface area (Å²) in [5, 5.41) is 0. The molecule has 2 heterocycles. The molecule has 0 fully saturated rings. The fourth-order valence-corrected chi connectivity index (χ4v) is 2.31. The van der Waals surface area contributed by atoms with Crippen LogP contribution in [-0.4, -0.2) is 16.1 Å². The van der Waals surface area contributed by atoms with E-state index in [2.05, 4.69) is 23.4 Å². The highest BCUT2D eigenvalue weighted by Gasteiger charge is 2.21. The molecule has 0 bridgehead atoms. The molecule has 3 heteroatoms. The number of aryl methyl sites for hydroxylation is 2. The van der Waals surface area contributed by atoms with Gasteiger partial charge in [0, 0.05) is 18.7 Å². The summed E-state index contributed by atoms with van der Waals surface area (Å²) in [6, 6.07) is 0. The predicted octanol–water partition coefficient (Wildman–Crippen LogP) is 1.41. The molecule has 1 aromatic rings. The van der Waals surface area contributed by atoms with Crippen molar-refractivity contribution in [3.8, 4) is 0 Å². The number of imidazole rings is 1. The molecule has 0 aliphatic carbocycles. The zero-order valence-electron chi connectivity index (χ0n) is 9.08. The first-order chi connectivity index (χ1) is 6.72. The fraction of sp³-hybridized carbons (Fsp3) is 0.727. The number of hydrogen-bond donors (Lipinski definition) is 1. The SMILES string of the molecule is Cc1nc2n(c1C)CC(CCN)CC2. The lowest BCUT2D eigenvalue weighted by atomic mass is 9.96. The lowest BCUT2D eigenvalue weighted by molar-refractivity contribution is 0.345. The minimum Gasteiger partial charge on any atom is -0.332 e. The Labute approximate surface area is 85.3 Å². The van der Waals surface area contributed by atoms with Crippen molar-refractivity contribution in [1.29, 1.82) is 0 Å². The summed E-state index contributed by atoms with van der Waals surface area (Å²) in [6.45, 7) is 6.20. The van der Waals surface area contributed by atoms with Crippen LogP contribution in [0.3, 0.4) is 0 Å². The summed E-state index contributed by atoms with van der Waals surface area (Å²) >= 11 is 0. The summed E-state index contributed by atoms with van der Waals surface area (Å²) in [4.78, 5) is 4.58. The molecule has 0 saturated heterocycles. The maximum absolute atomic E-state index is 5.60. The highest BCUT2D eigenvalue weighted by Crippen LogP contribution is 2.24. The Bertz CT molecular complexity index is 328. The van der Waals surface area contributed by atoms with Crippen LogP contribution in [0.1, 0.15) is 30.1 Å². The summed E-state index contributed by atoms with van der Waals surface area (Å²) in [5.74, 6) is 2.04. The molecule has 1 atom stereocenters. The van der Waals surface area contributed by atoms with E-state index < -0.39 is 0 Å². The minimum absolute atomic E-state index is 0.764. The number of nitrogens with two attached hydrogens (primary N) is 1. The van der Waals surface area contributed by atoms with Gasteiger partial charge in [0.05, 0.1) is 5.69 Å². The third-order valence-electron chi connectivity index (χ3n) is 3.33. The van der Waals surface area contributed by atoms with Crippen LogP contribution >= 0.6 is 0 Å². The molecule has 2 rings (SSSR count). The first kappa shape index (κ1) is 9.71. The van der Waals surface area contributed by atoms with Crippen LogP contribution in [0.5, 0.6) is 0 Å². The van der Waals surface area contributed by atoms with E-state index in [4.69, 9.17) is 5.73 Å². The Morgan fingerprint density at radius 2 is 2.29 bits per heavy atom. The fourth-order valence-electron chi connectivity index (χ4n) is 2.31. The van der Waals surface area contributed by atoms with E-state index in [1.165, 1.54) is 23.6 Å². The standard InChI is InChI=1S/C11H19N3/c1-8-9(2)14-7-10(5-6-12)3-4-11(14)13-8/h10H,3-7,12H2,1-2H3. The lowest BCUT2D eigenvalue weighted by Gasteiger charge is -2.24. The van der Waals surface area contributed by atoms with E-state index in [0.717, 1.165) is 31.8 Å². The number of rotatable bonds is 2. The molecule has 78 valence electrons. The maximum atomic E-state index is 5.60. The highest BCUT2D eigenvalue weighted by atomic mass is 15.1. The monoisotopic (exact) mass is 193 g/mol. The number of fused-ring (bicyclic) bond motifs is 1. The first-order valence-electron chi connectivity index (χ1n) is 5.45. The topological polar surface area (TPSA) is 43.8 Å². The van der Waals surface area contributed by atoms with Crippen LogP contribution < -0.4 is 5.73 Å². The largest absolute Gasteiger partial charge is 0.332 e.